The Hall–Kier alpha value is -2.13. The second kappa shape index (κ2) is 18.6. The highest BCUT2D eigenvalue weighted by atomic mass is 33.1. The van der Waals surface area contributed by atoms with E-state index in [1.807, 2.05) is 0 Å². The number of carbonyl (C=O) groups excluding carboxylic acids is 6. The van der Waals surface area contributed by atoms with Crippen LogP contribution in [0.2, 0.25) is 0 Å². The number of nitrogens with one attached hydrogen (secondary N) is 3. The van der Waals surface area contributed by atoms with Crippen LogP contribution in [-0.2, 0) is 28.8 Å². The molecule has 0 saturated carbocycles. The van der Waals surface area contributed by atoms with Gasteiger partial charge in [-0.3, -0.25) is 28.8 Å². The minimum Gasteiger partial charge on any atom is -0.368 e. The Kier molecular flexibility index (Phi) is 20.1. The summed E-state index contributed by atoms with van der Waals surface area (Å²) in [5.41, 5.74) is 15.2. The summed E-state index contributed by atoms with van der Waals surface area (Å²) in [7, 11) is 2.49. The average molecular weight is 501 g/mol. The van der Waals surface area contributed by atoms with E-state index in [0.29, 0.717) is 0 Å². The highest BCUT2D eigenvalue weighted by molar-refractivity contribution is 8.76. The maximum Gasteiger partial charge on any atom is 0.240 e. The fourth-order valence-electron chi connectivity index (χ4n) is 1.56. The summed E-state index contributed by atoms with van der Waals surface area (Å²) in [5.74, 6) is -2.09. The first kappa shape index (κ1) is 33.5. The quantitative estimate of drug-likeness (QED) is 0.0891. The van der Waals surface area contributed by atoms with E-state index in [1.165, 1.54) is 42.4 Å². The van der Waals surface area contributed by atoms with Crippen molar-refractivity contribution >= 4 is 69.7 Å². The van der Waals surface area contributed by atoms with Gasteiger partial charge in [-0.05, 0) is 0 Å². The third-order valence-corrected chi connectivity index (χ3v) is 5.69. The molecule has 9 N–H and O–H groups in total. The van der Waals surface area contributed by atoms with Gasteiger partial charge in [0.2, 0.25) is 35.4 Å². The summed E-state index contributed by atoms with van der Waals surface area (Å²) in [6.07, 6.45) is 0. The van der Waals surface area contributed by atoms with E-state index >= 15 is 0 Å². The van der Waals surface area contributed by atoms with Crippen LogP contribution in [0.5, 0.6) is 0 Å². The molecule has 0 aromatic heterocycles. The number of carbonyl (C=O) groups is 6. The highest BCUT2D eigenvalue weighted by Gasteiger charge is 2.19. The van der Waals surface area contributed by atoms with Crippen molar-refractivity contribution in [2.75, 3.05) is 17.3 Å². The standard InChI is InChI=1S/C10H18N4O4S2.C5H10N2O2S.CH4/c1-5(15)13-7(9(11)17)3-19-20-4-8(10(12)18)14-6(2)16;1-3(8)7-4(2-10)5(6)9;/h7-8H,3-4H2,1-2H3,(H2,11,17)(H2,12,18)(H,13,15)(H,14,16);4,10H,2H2,1H3,(H2,6,9)(H,7,8);1H4/t7-,8-;4-;/m00./s1. The third kappa shape index (κ3) is 19.6. The highest BCUT2D eigenvalue weighted by Crippen LogP contribution is 2.22. The molecule has 12 nitrogen and oxygen atoms in total. The summed E-state index contributed by atoms with van der Waals surface area (Å²) in [6, 6.07) is -2.21. The molecule has 3 atom stereocenters. The van der Waals surface area contributed by atoms with Crippen molar-refractivity contribution in [2.24, 2.45) is 17.2 Å². The van der Waals surface area contributed by atoms with Crippen molar-refractivity contribution in [3.05, 3.63) is 0 Å². The lowest BCUT2D eigenvalue weighted by molar-refractivity contribution is -0.125. The second-order valence-corrected chi connectivity index (χ2v) is 8.64. The van der Waals surface area contributed by atoms with Gasteiger partial charge in [0, 0.05) is 38.0 Å². The lowest BCUT2D eigenvalue weighted by atomic mass is 10.3. The van der Waals surface area contributed by atoms with Crippen LogP contribution < -0.4 is 33.2 Å². The molecule has 0 aromatic carbocycles. The number of hydrogen-bond acceptors (Lipinski definition) is 9. The van der Waals surface area contributed by atoms with Gasteiger partial charge in [-0.2, -0.15) is 12.6 Å². The Morgan fingerprint density at radius 3 is 1.10 bits per heavy atom. The van der Waals surface area contributed by atoms with Gasteiger partial charge in [0.15, 0.2) is 0 Å². The first-order valence-corrected chi connectivity index (χ1v) is 11.5. The van der Waals surface area contributed by atoms with Crippen LogP contribution in [-0.4, -0.2) is 70.8 Å². The molecule has 0 saturated heterocycles. The van der Waals surface area contributed by atoms with Gasteiger partial charge < -0.3 is 33.2 Å². The van der Waals surface area contributed by atoms with Crippen LogP contribution in [0.1, 0.15) is 28.2 Å². The van der Waals surface area contributed by atoms with E-state index in [2.05, 4.69) is 28.6 Å². The van der Waals surface area contributed by atoms with Gasteiger partial charge in [-0.1, -0.05) is 29.0 Å². The maximum absolute atomic E-state index is 11.1. The van der Waals surface area contributed by atoms with E-state index in [0.717, 1.165) is 0 Å². The SMILES string of the molecule is C.CC(=O)N[C@@H](CS)C(N)=O.CC(=O)N[C@@H](CSSC[C@H](NC(C)=O)C(N)=O)C(N)=O. The lowest BCUT2D eigenvalue weighted by Gasteiger charge is -2.15. The molecule has 0 unspecified atom stereocenters. The summed E-state index contributed by atoms with van der Waals surface area (Å²) in [5, 5.41) is 7.17. The Labute approximate surface area is 195 Å². The number of nitrogens with two attached hydrogens (primary N) is 3. The van der Waals surface area contributed by atoms with Crippen LogP contribution in [0, 0.1) is 0 Å². The molecule has 0 aromatic rings. The number of primary amides is 3. The van der Waals surface area contributed by atoms with E-state index in [1.54, 1.807) is 0 Å². The van der Waals surface area contributed by atoms with E-state index in [-0.39, 0.29) is 42.4 Å². The summed E-state index contributed by atoms with van der Waals surface area (Å²) in [4.78, 5) is 64.7. The maximum atomic E-state index is 11.1. The van der Waals surface area contributed by atoms with Gasteiger partial charge in [0.05, 0.1) is 0 Å². The van der Waals surface area contributed by atoms with Crippen LogP contribution in [0.25, 0.3) is 0 Å². The summed E-state index contributed by atoms with van der Waals surface area (Å²) >= 11 is 3.81. The zero-order valence-electron chi connectivity index (χ0n) is 16.8. The van der Waals surface area contributed by atoms with Crippen LogP contribution in [0.3, 0.4) is 0 Å². The van der Waals surface area contributed by atoms with Crippen LogP contribution in [0.15, 0.2) is 0 Å². The lowest BCUT2D eigenvalue weighted by Crippen LogP contribution is -2.46. The van der Waals surface area contributed by atoms with Crippen LogP contribution >= 0.6 is 34.2 Å². The van der Waals surface area contributed by atoms with Crippen molar-refractivity contribution in [3.8, 4) is 0 Å². The second-order valence-electron chi connectivity index (χ2n) is 5.72. The number of rotatable bonds is 12. The molecule has 0 fully saturated rings. The van der Waals surface area contributed by atoms with Crippen molar-refractivity contribution in [2.45, 2.75) is 46.3 Å². The van der Waals surface area contributed by atoms with Gasteiger partial charge in [0.25, 0.3) is 0 Å². The Morgan fingerprint density at radius 1 is 0.677 bits per heavy atom. The molecular weight excluding hydrogens is 468 g/mol. The van der Waals surface area contributed by atoms with Crippen molar-refractivity contribution in [3.63, 3.8) is 0 Å². The number of hydrogen-bond donors (Lipinski definition) is 7. The molecule has 0 aliphatic carbocycles. The largest absolute Gasteiger partial charge is 0.368 e. The molecular formula is C16H32N6O6S3. The monoisotopic (exact) mass is 500 g/mol. The van der Waals surface area contributed by atoms with Crippen molar-refractivity contribution in [1.82, 2.24) is 16.0 Å². The fraction of sp³-hybridized carbons (Fsp3) is 0.625. The summed E-state index contributed by atoms with van der Waals surface area (Å²) in [6.45, 7) is 3.89. The Balaban J connectivity index is -0.000000604. The molecule has 180 valence electrons. The minimum absolute atomic E-state index is 0. The molecule has 0 spiro atoms. The fourth-order valence-corrected chi connectivity index (χ4v) is 4.19. The third-order valence-electron chi connectivity index (χ3n) is 2.90. The molecule has 31 heavy (non-hydrogen) atoms. The number of thiol groups is 1. The molecule has 0 heterocycles. The molecule has 0 rings (SSSR count). The van der Waals surface area contributed by atoms with Crippen molar-refractivity contribution < 1.29 is 28.8 Å². The van der Waals surface area contributed by atoms with Gasteiger partial charge >= 0.3 is 0 Å². The first-order valence-electron chi connectivity index (χ1n) is 8.36. The number of amides is 6. The molecule has 15 heteroatoms. The van der Waals surface area contributed by atoms with E-state index < -0.39 is 35.8 Å². The Morgan fingerprint density at radius 2 is 0.935 bits per heavy atom. The molecule has 0 radical (unpaired) electrons. The zero-order chi connectivity index (χ0) is 23.9. The molecule has 0 aliphatic heterocycles. The molecule has 6 amide bonds. The van der Waals surface area contributed by atoms with Gasteiger partial charge in [-0.25, -0.2) is 0 Å². The van der Waals surface area contributed by atoms with Gasteiger partial charge in [0.1, 0.15) is 18.1 Å². The predicted molar refractivity (Wildman–Crippen MR) is 126 cm³/mol. The Bertz CT molecular complexity index is 601. The first-order chi connectivity index (χ1) is 13.8. The van der Waals surface area contributed by atoms with E-state index in [4.69, 9.17) is 17.2 Å². The zero-order valence-corrected chi connectivity index (χ0v) is 19.3. The topological polar surface area (TPSA) is 217 Å². The average Bonchev–Trinajstić information content (AvgIpc) is 2.60. The van der Waals surface area contributed by atoms with Crippen molar-refractivity contribution in [1.29, 1.82) is 0 Å². The normalized spacial score (nSPS) is 12.4. The molecule has 0 bridgehead atoms. The smallest absolute Gasteiger partial charge is 0.240 e. The molecule has 0 aliphatic rings. The van der Waals surface area contributed by atoms with E-state index in [9.17, 15) is 28.8 Å². The van der Waals surface area contributed by atoms with Crippen LogP contribution in [0.4, 0.5) is 0 Å². The predicted octanol–water partition coefficient (Wildman–Crippen LogP) is -2.11. The summed E-state index contributed by atoms with van der Waals surface area (Å²) < 4.78 is 0. The minimum atomic E-state index is -0.780. The van der Waals surface area contributed by atoms with Gasteiger partial charge in [-0.15, -0.1) is 0 Å².